The topological polar surface area (TPSA) is 138 Å². The van der Waals surface area contributed by atoms with Crippen LogP contribution in [0, 0.1) is 5.82 Å². The Hall–Kier alpha value is -5.20. The highest BCUT2D eigenvalue weighted by atomic mass is 19.1. The number of benzene rings is 2. The number of hydrogen-bond donors (Lipinski definition) is 3. The molecule has 0 atom stereocenters. The molecule has 11 nitrogen and oxygen atoms in total. The second-order valence-electron chi connectivity index (χ2n) is 11.9. The highest BCUT2D eigenvalue weighted by molar-refractivity contribution is 5.85. The van der Waals surface area contributed by atoms with Gasteiger partial charge in [0.15, 0.2) is 0 Å². The van der Waals surface area contributed by atoms with Crippen molar-refractivity contribution in [3.8, 4) is 16.9 Å². The zero-order valence-corrected chi connectivity index (χ0v) is 25.8. The summed E-state index contributed by atoms with van der Waals surface area (Å²) >= 11 is 0. The van der Waals surface area contributed by atoms with Crippen molar-refractivity contribution in [1.29, 1.82) is 0 Å². The average molecular weight is 624 g/mol. The van der Waals surface area contributed by atoms with Gasteiger partial charge in [-0.05, 0) is 68.7 Å². The van der Waals surface area contributed by atoms with E-state index >= 15 is 4.39 Å². The molecular weight excluding hydrogens is 589 g/mol. The summed E-state index contributed by atoms with van der Waals surface area (Å²) in [6.07, 6.45) is 4.45. The van der Waals surface area contributed by atoms with E-state index < -0.39 is 29.1 Å². The third kappa shape index (κ3) is 5.80. The fraction of sp³-hybridized carbons (Fsp3) is 0.265. The molecule has 1 fully saturated rings. The molecule has 0 bridgehead atoms. The van der Waals surface area contributed by atoms with E-state index in [1.54, 1.807) is 49.5 Å². The molecule has 0 radical (unpaired) electrons. The van der Waals surface area contributed by atoms with Crippen LogP contribution in [0.2, 0.25) is 0 Å². The Morgan fingerprint density at radius 1 is 1.09 bits per heavy atom. The number of aliphatic hydroxyl groups is 2. The number of pyridine rings is 1. The first-order valence-corrected chi connectivity index (χ1v) is 14.9. The second kappa shape index (κ2) is 12.0. The zero-order chi connectivity index (χ0) is 32.7. The van der Waals surface area contributed by atoms with Crippen LogP contribution in [0.3, 0.4) is 0 Å². The summed E-state index contributed by atoms with van der Waals surface area (Å²) in [5, 5.41) is 32.8. The van der Waals surface area contributed by atoms with Gasteiger partial charge in [-0.25, -0.2) is 14.1 Å². The van der Waals surface area contributed by atoms with Gasteiger partial charge in [-0.3, -0.25) is 9.59 Å². The third-order valence-corrected chi connectivity index (χ3v) is 8.43. The number of anilines is 3. The number of aromatic nitrogens is 5. The minimum absolute atomic E-state index is 0.133. The van der Waals surface area contributed by atoms with E-state index in [0.29, 0.717) is 65.1 Å². The van der Waals surface area contributed by atoms with Crippen LogP contribution >= 0.6 is 0 Å². The maximum absolute atomic E-state index is 15.1. The highest BCUT2D eigenvalue weighted by Crippen LogP contribution is 2.30. The Balaban J connectivity index is 1.35. The number of halogens is 1. The van der Waals surface area contributed by atoms with E-state index in [9.17, 15) is 19.8 Å². The smallest absolute Gasteiger partial charge is 0.290 e. The summed E-state index contributed by atoms with van der Waals surface area (Å²) in [6, 6.07) is 13.1. The number of piperidine rings is 1. The van der Waals surface area contributed by atoms with Gasteiger partial charge in [-0.15, -0.1) is 0 Å². The van der Waals surface area contributed by atoms with E-state index in [1.165, 1.54) is 24.0 Å². The zero-order valence-electron chi connectivity index (χ0n) is 25.8. The Morgan fingerprint density at radius 3 is 2.52 bits per heavy atom. The molecule has 46 heavy (non-hydrogen) atoms. The van der Waals surface area contributed by atoms with Gasteiger partial charge in [0.25, 0.3) is 11.1 Å². The van der Waals surface area contributed by atoms with Crippen molar-refractivity contribution in [3.05, 3.63) is 105 Å². The lowest BCUT2D eigenvalue weighted by Crippen LogP contribution is -2.42. The number of nitrogens with zero attached hydrogens (tertiary/aromatic N) is 6. The van der Waals surface area contributed by atoms with Gasteiger partial charge in [0.1, 0.15) is 17.3 Å². The first-order chi connectivity index (χ1) is 22.0. The molecular formula is C34H34FN7O4. The molecule has 236 valence electrons. The van der Waals surface area contributed by atoms with E-state index in [-0.39, 0.29) is 16.8 Å². The molecule has 0 saturated carbocycles. The molecule has 5 aromatic rings. The Morgan fingerprint density at radius 2 is 1.85 bits per heavy atom. The molecule has 4 heterocycles. The van der Waals surface area contributed by atoms with Crippen LogP contribution in [0.1, 0.15) is 37.8 Å². The minimum Gasteiger partial charge on any atom is -0.392 e. The summed E-state index contributed by atoms with van der Waals surface area (Å²) in [7, 11) is 1.51. The van der Waals surface area contributed by atoms with Gasteiger partial charge < -0.3 is 20.4 Å². The van der Waals surface area contributed by atoms with Gasteiger partial charge in [0.05, 0.1) is 47.1 Å². The van der Waals surface area contributed by atoms with E-state index in [0.717, 1.165) is 10.4 Å². The average Bonchev–Trinajstić information content (AvgIpc) is 3.03. The number of rotatable bonds is 7. The maximum Gasteiger partial charge on any atom is 0.290 e. The van der Waals surface area contributed by atoms with Gasteiger partial charge in [0.2, 0.25) is 0 Å². The summed E-state index contributed by atoms with van der Waals surface area (Å²) < 4.78 is 17.4. The van der Waals surface area contributed by atoms with E-state index in [2.05, 4.69) is 32.0 Å². The molecule has 3 N–H and O–H groups in total. The van der Waals surface area contributed by atoms with Crippen LogP contribution in [-0.4, -0.2) is 53.4 Å². The first-order valence-electron chi connectivity index (χ1n) is 14.9. The Bertz CT molecular complexity index is 2090. The van der Waals surface area contributed by atoms with Crippen molar-refractivity contribution < 1.29 is 14.6 Å². The summed E-state index contributed by atoms with van der Waals surface area (Å²) in [5.74, 6) is -0.249. The quantitative estimate of drug-likeness (QED) is 0.242. The molecule has 1 aliphatic heterocycles. The number of hydrogen-bond acceptors (Lipinski definition) is 9. The van der Waals surface area contributed by atoms with Crippen LogP contribution < -0.4 is 21.3 Å². The summed E-state index contributed by atoms with van der Waals surface area (Å²) in [6.45, 7) is 8.38. The van der Waals surface area contributed by atoms with Crippen LogP contribution in [0.15, 0.2) is 77.1 Å². The Labute approximate surface area is 263 Å². The van der Waals surface area contributed by atoms with Gasteiger partial charge in [0, 0.05) is 36.7 Å². The SMILES string of the molecule is C=C(C)c1cc(F)c2c(=O)n(-c3cccc(-c4cc(Nc5ccc(N6CCC(C)(O)CC6)cn5)c(=O)n(C)n4)c3CO)ncc2c1. The first kappa shape index (κ1) is 30.8. The minimum atomic E-state index is -0.695. The third-order valence-electron chi connectivity index (χ3n) is 8.43. The van der Waals surface area contributed by atoms with Crippen LogP contribution in [0.25, 0.3) is 33.3 Å². The molecule has 6 rings (SSSR count). The van der Waals surface area contributed by atoms with E-state index in [4.69, 9.17) is 0 Å². The van der Waals surface area contributed by atoms with Crippen molar-refractivity contribution in [2.45, 2.75) is 38.9 Å². The normalized spacial score (nSPS) is 14.4. The van der Waals surface area contributed by atoms with Gasteiger partial charge >= 0.3 is 0 Å². The standard InChI is InChI=1S/C34H34FN7O4/c1-20(2)21-14-22-17-37-42(33(45)31(22)26(35)15-21)29-7-5-6-24(25(29)19-43)27-16-28(32(44)40(4)39-27)38-30-9-8-23(18-36-30)41-12-10-34(3,46)11-13-41/h5-9,14-18,43,46H,1,10-13,19H2,2-4H3,(H,36,38). The molecule has 0 unspecified atom stereocenters. The molecule has 12 heteroatoms. The predicted octanol–water partition coefficient (Wildman–Crippen LogP) is 4.30. The lowest BCUT2D eigenvalue weighted by Gasteiger charge is -2.37. The maximum atomic E-state index is 15.1. The number of nitrogens with one attached hydrogen (secondary N) is 1. The largest absolute Gasteiger partial charge is 0.392 e. The fourth-order valence-electron chi connectivity index (χ4n) is 5.69. The van der Waals surface area contributed by atoms with Crippen molar-refractivity contribution in [2.24, 2.45) is 7.05 Å². The van der Waals surface area contributed by atoms with Gasteiger partial charge in [-0.1, -0.05) is 24.3 Å². The number of aliphatic hydroxyl groups excluding tert-OH is 1. The summed E-state index contributed by atoms with van der Waals surface area (Å²) in [4.78, 5) is 33.3. The lowest BCUT2D eigenvalue weighted by atomic mass is 9.94. The van der Waals surface area contributed by atoms with Crippen molar-refractivity contribution >= 4 is 33.5 Å². The highest BCUT2D eigenvalue weighted by Gasteiger charge is 2.27. The van der Waals surface area contributed by atoms with Crippen LogP contribution in [0.4, 0.5) is 21.6 Å². The molecule has 1 aliphatic rings. The van der Waals surface area contributed by atoms with Crippen LogP contribution in [0.5, 0.6) is 0 Å². The summed E-state index contributed by atoms with van der Waals surface area (Å²) in [5.41, 5.74) is 1.96. The molecule has 3 aromatic heterocycles. The van der Waals surface area contributed by atoms with Crippen LogP contribution in [-0.2, 0) is 13.7 Å². The molecule has 0 spiro atoms. The number of fused-ring (bicyclic) bond motifs is 1. The molecule has 1 saturated heterocycles. The van der Waals surface area contributed by atoms with E-state index in [1.807, 2.05) is 13.0 Å². The lowest BCUT2D eigenvalue weighted by molar-refractivity contribution is 0.0351. The molecule has 0 amide bonds. The molecule has 2 aromatic carbocycles. The second-order valence-corrected chi connectivity index (χ2v) is 11.9. The monoisotopic (exact) mass is 623 g/mol. The van der Waals surface area contributed by atoms with Crippen molar-refractivity contribution in [3.63, 3.8) is 0 Å². The number of allylic oxidation sites excluding steroid dienone is 1. The van der Waals surface area contributed by atoms with Gasteiger partial charge in [-0.2, -0.15) is 14.9 Å². The number of aryl methyl sites for hydroxylation is 1. The molecule has 0 aliphatic carbocycles. The Kier molecular flexibility index (Phi) is 8.01. The predicted molar refractivity (Wildman–Crippen MR) is 176 cm³/mol. The fourth-order valence-corrected chi connectivity index (χ4v) is 5.69. The van der Waals surface area contributed by atoms with Crippen molar-refractivity contribution in [2.75, 3.05) is 23.3 Å². The van der Waals surface area contributed by atoms with Crippen molar-refractivity contribution in [1.82, 2.24) is 24.5 Å².